The van der Waals surface area contributed by atoms with Crippen molar-refractivity contribution in [2.75, 3.05) is 6.54 Å². The van der Waals surface area contributed by atoms with Gasteiger partial charge in [0.25, 0.3) is 5.91 Å². The first-order chi connectivity index (χ1) is 12.0. The van der Waals surface area contributed by atoms with Gasteiger partial charge in [-0.2, -0.15) is 0 Å². The fourth-order valence-corrected chi connectivity index (χ4v) is 4.19. The zero-order valence-electron chi connectivity index (χ0n) is 12.6. The number of thiazole rings is 1. The SMILES string of the molecule is O=C(NCC(O)c1ccc(F)c(F)c1)c1cc2c(nc3sccn32)s1. The fraction of sp³-hybridized carbons (Fsp3) is 0.125. The summed E-state index contributed by atoms with van der Waals surface area (Å²) in [5, 5.41) is 14.5. The van der Waals surface area contributed by atoms with Gasteiger partial charge in [-0.25, -0.2) is 13.8 Å². The molecule has 1 aromatic carbocycles. The number of aliphatic hydroxyl groups excluding tert-OH is 1. The smallest absolute Gasteiger partial charge is 0.261 e. The predicted molar refractivity (Wildman–Crippen MR) is 92.1 cm³/mol. The normalized spacial score (nSPS) is 12.8. The first-order valence-electron chi connectivity index (χ1n) is 7.29. The summed E-state index contributed by atoms with van der Waals surface area (Å²) in [6.07, 6.45) is 0.754. The highest BCUT2D eigenvalue weighted by molar-refractivity contribution is 7.21. The van der Waals surface area contributed by atoms with Crippen molar-refractivity contribution in [2.45, 2.75) is 6.10 Å². The monoisotopic (exact) mass is 379 g/mol. The lowest BCUT2D eigenvalue weighted by Gasteiger charge is -2.12. The minimum Gasteiger partial charge on any atom is -0.387 e. The molecule has 0 saturated carbocycles. The molecule has 0 fully saturated rings. The number of carbonyl (C=O) groups is 1. The number of rotatable bonds is 4. The van der Waals surface area contributed by atoms with Crippen molar-refractivity contribution >= 4 is 43.9 Å². The summed E-state index contributed by atoms with van der Waals surface area (Å²) in [4.78, 5) is 18.8. The number of nitrogens with one attached hydrogen (secondary N) is 1. The zero-order valence-corrected chi connectivity index (χ0v) is 14.2. The molecule has 25 heavy (non-hydrogen) atoms. The Bertz CT molecular complexity index is 1090. The van der Waals surface area contributed by atoms with Crippen LogP contribution in [-0.4, -0.2) is 26.9 Å². The van der Waals surface area contributed by atoms with Crippen molar-refractivity contribution in [3.63, 3.8) is 0 Å². The fourth-order valence-electron chi connectivity index (χ4n) is 2.47. The maximum atomic E-state index is 13.2. The molecule has 4 aromatic rings. The molecule has 4 rings (SSSR count). The third-order valence-corrected chi connectivity index (χ3v) is 5.52. The molecule has 0 aliphatic rings. The Labute approximate surface area is 148 Å². The number of hydrogen-bond acceptors (Lipinski definition) is 5. The topological polar surface area (TPSA) is 66.6 Å². The van der Waals surface area contributed by atoms with Gasteiger partial charge in [-0.1, -0.05) is 6.07 Å². The Balaban J connectivity index is 1.47. The van der Waals surface area contributed by atoms with Crippen molar-refractivity contribution in [1.29, 1.82) is 0 Å². The number of halogens is 2. The molecule has 0 aliphatic carbocycles. The van der Waals surface area contributed by atoms with Gasteiger partial charge in [0, 0.05) is 18.1 Å². The van der Waals surface area contributed by atoms with Crippen LogP contribution in [0.5, 0.6) is 0 Å². The minimum absolute atomic E-state index is 0.111. The lowest BCUT2D eigenvalue weighted by molar-refractivity contribution is 0.0920. The van der Waals surface area contributed by atoms with Crippen LogP contribution in [0.3, 0.4) is 0 Å². The van der Waals surface area contributed by atoms with Crippen molar-refractivity contribution < 1.29 is 18.7 Å². The largest absolute Gasteiger partial charge is 0.387 e. The third-order valence-electron chi connectivity index (χ3n) is 3.75. The molecule has 3 aromatic heterocycles. The average molecular weight is 379 g/mol. The van der Waals surface area contributed by atoms with Crippen LogP contribution in [0.15, 0.2) is 35.8 Å². The van der Waals surface area contributed by atoms with Crippen molar-refractivity contribution in [1.82, 2.24) is 14.7 Å². The number of benzene rings is 1. The molecule has 0 saturated heterocycles. The predicted octanol–water partition coefficient (Wildman–Crippen LogP) is 3.35. The van der Waals surface area contributed by atoms with Gasteiger partial charge in [-0.15, -0.1) is 22.7 Å². The van der Waals surface area contributed by atoms with E-state index in [1.54, 1.807) is 6.07 Å². The number of thiophene rings is 1. The number of fused-ring (bicyclic) bond motifs is 3. The van der Waals surface area contributed by atoms with Gasteiger partial charge in [0.2, 0.25) is 0 Å². The second-order valence-electron chi connectivity index (χ2n) is 5.37. The Hall–Kier alpha value is -2.36. The lowest BCUT2D eigenvalue weighted by Crippen LogP contribution is -2.27. The summed E-state index contributed by atoms with van der Waals surface area (Å²) in [6.45, 7) is -0.111. The van der Waals surface area contributed by atoms with E-state index in [9.17, 15) is 18.7 Å². The Morgan fingerprint density at radius 2 is 2.16 bits per heavy atom. The molecular weight excluding hydrogens is 368 g/mol. The summed E-state index contributed by atoms with van der Waals surface area (Å²) < 4.78 is 28.0. The molecule has 0 bridgehead atoms. The molecule has 9 heteroatoms. The van der Waals surface area contributed by atoms with Crippen LogP contribution in [0.4, 0.5) is 8.78 Å². The summed E-state index contributed by atoms with van der Waals surface area (Å²) in [5.41, 5.74) is 1.05. The zero-order chi connectivity index (χ0) is 17.6. The second-order valence-corrected chi connectivity index (χ2v) is 7.27. The molecule has 0 spiro atoms. The van der Waals surface area contributed by atoms with E-state index in [4.69, 9.17) is 0 Å². The lowest BCUT2D eigenvalue weighted by atomic mass is 10.1. The molecule has 2 N–H and O–H groups in total. The van der Waals surface area contributed by atoms with E-state index >= 15 is 0 Å². The summed E-state index contributed by atoms with van der Waals surface area (Å²) in [7, 11) is 0. The van der Waals surface area contributed by atoms with Gasteiger partial charge < -0.3 is 10.4 Å². The molecule has 1 unspecified atom stereocenters. The standard InChI is InChI=1S/C16H11F2N3O2S2/c17-9-2-1-8(5-10(9)18)12(22)7-19-14(23)13-6-11-15(25-13)20-16-21(11)3-4-24-16/h1-6,12,22H,7H2,(H,19,23). The van der Waals surface area contributed by atoms with E-state index in [-0.39, 0.29) is 18.0 Å². The molecule has 1 amide bonds. The van der Waals surface area contributed by atoms with Crippen molar-refractivity contribution in [2.24, 2.45) is 0 Å². The van der Waals surface area contributed by atoms with E-state index in [0.29, 0.717) is 4.88 Å². The highest BCUT2D eigenvalue weighted by Gasteiger charge is 2.17. The molecule has 5 nitrogen and oxygen atoms in total. The van der Waals surface area contributed by atoms with Crippen LogP contribution < -0.4 is 5.32 Å². The van der Waals surface area contributed by atoms with E-state index in [2.05, 4.69) is 10.3 Å². The number of carbonyl (C=O) groups excluding carboxylic acids is 1. The van der Waals surface area contributed by atoms with Crippen LogP contribution in [0, 0.1) is 11.6 Å². The molecule has 0 aliphatic heterocycles. The number of imidazole rings is 1. The minimum atomic E-state index is -1.13. The van der Waals surface area contributed by atoms with Crippen LogP contribution in [0.25, 0.3) is 15.3 Å². The van der Waals surface area contributed by atoms with E-state index < -0.39 is 17.7 Å². The number of aromatic nitrogens is 2. The number of hydrogen-bond donors (Lipinski definition) is 2. The number of nitrogens with zero attached hydrogens (tertiary/aromatic N) is 2. The molecule has 0 radical (unpaired) electrons. The number of amides is 1. The average Bonchev–Trinajstić information content (AvgIpc) is 3.26. The number of aliphatic hydroxyl groups is 1. The van der Waals surface area contributed by atoms with Crippen molar-refractivity contribution in [3.8, 4) is 0 Å². The van der Waals surface area contributed by atoms with Crippen LogP contribution in [-0.2, 0) is 0 Å². The Morgan fingerprint density at radius 1 is 1.32 bits per heavy atom. The van der Waals surface area contributed by atoms with Crippen LogP contribution in [0.2, 0.25) is 0 Å². The first-order valence-corrected chi connectivity index (χ1v) is 8.99. The van der Waals surface area contributed by atoms with E-state index in [1.807, 2.05) is 16.0 Å². The highest BCUT2D eigenvalue weighted by atomic mass is 32.1. The van der Waals surface area contributed by atoms with Gasteiger partial charge >= 0.3 is 0 Å². The quantitative estimate of drug-likeness (QED) is 0.571. The van der Waals surface area contributed by atoms with E-state index in [0.717, 1.165) is 27.4 Å². The Morgan fingerprint density at radius 3 is 2.96 bits per heavy atom. The maximum Gasteiger partial charge on any atom is 0.261 e. The second kappa shape index (κ2) is 6.17. The van der Waals surface area contributed by atoms with Gasteiger partial charge in [0.05, 0.1) is 16.5 Å². The first kappa shape index (κ1) is 16.1. The molecule has 128 valence electrons. The summed E-state index contributed by atoms with van der Waals surface area (Å²) in [5.74, 6) is -2.38. The van der Waals surface area contributed by atoms with Crippen LogP contribution >= 0.6 is 22.7 Å². The highest BCUT2D eigenvalue weighted by Crippen LogP contribution is 2.28. The van der Waals surface area contributed by atoms with E-state index in [1.165, 1.54) is 28.7 Å². The van der Waals surface area contributed by atoms with Gasteiger partial charge in [0.1, 0.15) is 4.83 Å². The molecule has 1 atom stereocenters. The molecular formula is C16H11F2N3O2S2. The van der Waals surface area contributed by atoms with Crippen LogP contribution in [0.1, 0.15) is 21.3 Å². The molecule has 3 heterocycles. The van der Waals surface area contributed by atoms with Gasteiger partial charge in [0.15, 0.2) is 16.6 Å². The Kier molecular flexibility index (Phi) is 3.98. The summed E-state index contributed by atoms with van der Waals surface area (Å²) in [6, 6.07) is 4.88. The van der Waals surface area contributed by atoms with Crippen molar-refractivity contribution in [3.05, 3.63) is 57.9 Å². The third kappa shape index (κ3) is 2.90. The maximum absolute atomic E-state index is 13.2. The van der Waals surface area contributed by atoms with Gasteiger partial charge in [-0.3, -0.25) is 9.20 Å². The van der Waals surface area contributed by atoms with Gasteiger partial charge in [-0.05, 0) is 23.8 Å². The summed E-state index contributed by atoms with van der Waals surface area (Å²) >= 11 is 2.77.